The van der Waals surface area contributed by atoms with Crippen molar-refractivity contribution >= 4 is 17.6 Å². The van der Waals surface area contributed by atoms with E-state index < -0.39 is 17.7 Å². The van der Waals surface area contributed by atoms with E-state index in [9.17, 15) is 9.90 Å². The van der Waals surface area contributed by atoms with Crippen molar-refractivity contribution in [2.24, 2.45) is 0 Å². The molecule has 1 heterocycles. The van der Waals surface area contributed by atoms with Crippen LogP contribution < -0.4 is 0 Å². The van der Waals surface area contributed by atoms with Crippen molar-refractivity contribution in [1.82, 2.24) is 4.90 Å². The number of halogens is 1. The molecule has 1 unspecified atom stereocenters. The Morgan fingerprint density at radius 3 is 2.23 bits per heavy atom. The van der Waals surface area contributed by atoms with Crippen molar-refractivity contribution in [3.05, 3.63) is 92.5 Å². The van der Waals surface area contributed by atoms with Crippen LogP contribution in [0.15, 0.2) is 48.5 Å². The van der Waals surface area contributed by atoms with Crippen LogP contribution in [0.2, 0.25) is 5.02 Å². The van der Waals surface area contributed by atoms with Gasteiger partial charge in [-0.05, 0) is 92.6 Å². The van der Waals surface area contributed by atoms with Gasteiger partial charge in [-0.2, -0.15) is 0 Å². The molecule has 0 bridgehead atoms. The van der Waals surface area contributed by atoms with Crippen molar-refractivity contribution in [1.29, 1.82) is 0 Å². The lowest BCUT2D eigenvalue weighted by molar-refractivity contribution is -0.160. The summed E-state index contributed by atoms with van der Waals surface area (Å²) in [5.41, 5.74) is 9.10. The minimum atomic E-state index is -1.06. The van der Waals surface area contributed by atoms with Gasteiger partial charge in [-0.3, -0.25) is 4.90 Å². The average Bonchev–Trinajstić information content (AvgIpc) is 3.19. The van der Waals surface area contributed by atoms with Crippen molar-refractivity contribution in [2.75, 3.05) is 0 Å². The van der Waals surface area contributed by atoms with Gasteiger partial charge in [0.05, 0.1) is 5.60 Å². The summed E-state index contributed by atoms with van der Waals surface area (Å²) in [5, 5.41) is 11.0. The number of carboxylic acid groups (broad SMARTS) is 1. The number of aryl methyl sites for hydroxylation is 1. The maximum atomic E-state index is 12.6. The van der Waals surface area contributed by atoms with Gasteiger partial charge in [0.15, 0.2) is 6.10 Å². The second-order valence-corrected chi connectivity index (χ2v) is 11.0. The minimum absolute atomic E-state index is 0.606. The minimum Gasteiger partial charge on any atom is -0.479 e. The van der Waals surface area contributed by atoms with Crippen LogP contribution in [0.25, 0.3) is 11.1 Å². The second-order valence-electron chi connectivity index (χ2n) is 10.6. The van der Waals surface area contributed by atoms with E-state index in [1.54, 1.807) is 0 Å². The summed E-state index contributed by atoms with van der Waals surface area (Å²) in [7, 11) is 0. The SMILES string of the molecule is Cc1ccc(-c2c(C)c3c(c(C)c2C(OC(C)(C)C)C(=O)O)CN(Cc2cccc(Cl)c2)C3)cc1. The molecule has 184 valence electrons. The number of nitrogens with zero attached hydrogens (tertiary/aromatic N) is 1. The standard InChI is InChI=1S/C30H34ClNO3/c1-18-10-12-22(13-11-18)26-19(2)24-16-32(15-21-8-7-9-23(31)14-21)17-25(24)20(3)27(26)28(29(33)34)35-30(4,5)6/h7-14,28H,15-17H2,1-6H3,(H,33,34). The van der Waals surface area contributed by atoms with Crippen LogP contribution in [0, 0.1) is 20.8 Å². The van der Waals surface area contributed by atoms with E-state index in [-0.39, 0.29) is 0 Å². The van der Waals surface area contributed by atoms with Gasteiger partial charge in [0.1, 0.15) is 0 Å². The second kappa shape index (κ2) is 9.77. The fourth-order valence-electron chi connectivity index (χ4n) is 5.10. The number of aliphatic carboxylic acids is 1. The molecule has 3 aromatic rings. The first-order valence-corrected chi connectivity index (χ1v) is 12.4. The van der Waals surface area contributed by atoms with E-state index in [0.29, 0.717) is 0 Å². The van der Waals surface area contributed by atoms with Crippen LogP contribution in [0.3, 0.4) is 0 Å². The summed E-state index contributed by atoms with van der Waals surface area (Å²) in [5.74, 6) is -0.968. The molecular formula is C30H34ClNO3. The third kappa shape index (κ3) is 5.45. The van der Waals surface area contributed by atoms with Crippen LogP contribution in [-0.4, -0.2) is 21.6 Å². The van der Waals surface area contributed by atoms with Crippen molar-refractivity contribution in [2.45, 2.75) is 72.9 Å². The lowest BCUT2D eigenvalue weighted by atomic mass is 9.83. The number of carbonyl (C=O) groups is 1. The Labute approximate surface area is 213 Å². The van der Waals surface area contributed by atoms with Gasteiger partial charge in [-0.1, -0.05) is 53.6 Å². The Kier molecular flexibility index (Phi) is 7.10. The molecule has 0 saturated heterocycles. The van der Waals surface area contributed by atoms with E-state index in [4.69, 9.17) is 16.3 Å². The van der Waals surface area contributed by atoms with Gasteiger partial charge >= 0.3 is 5.97 Å². The molecule has 4 nitrogen and oxygen atoms in total. The zero-order valence-corrected chi connectivity index (χ0v) is 22.2. The summed E-state index contributed by atoms with van der Waals surface area (Å²) < 4.78 is 6.17. The number of hydrogen-bond acceptors (Lipinski definition) is 3. The molecule has 35 heavy (non-hydrogen) atoms. The lowest BCUT2D eigenvalue weighted by Gasteiger charge is -2.30. The summed E-state index contributed by atoms with van der Waals surface area (Å²) in [6.45, 7) is 14.3. The summed E-state index contributed by atoms with van der Waals surface area (Å²) >= 11 is 6.22. The zero-order chi connectivity index (χ0) is 25.5. The van der Waals surface area contributed by atoms with Crippen LogP contribution in [0.1, 0.15) is 65.8 Å². The Morgan fingerprint density at radius 1 is 1.03 bits per heavy atom. The maximum Gasteiger partial charge on any atom is 0.337 e. The number of fused-ring (bicyclic) bond motifs is 1. The Bertz CT molecular complexity index is 1260. The highest BCUT2D eigenvalue weighted by atomic mass is 35.5. The van der Waals surface area contributed by atoms with Gasteiger partial charge in [-0.25, -0.2) is 4.79 Å². The van der Waals surface area contributed by atoms with E-state index in [2.05, 4.69) is 56.0 Å². The molecule has 0 amide bonds. The summed E-state index contributed by atoms with van der Waals surface area (Å²) in [6.07, 6.45) is -1.06. The highest BCUT2D eigenvalue weighted by Crippen LogP contribution is 2.43. The van der Waals surface area contributed by atoms with Gasteiger partial charge in [0, 0.05) is 30.2 Å². The lowest BCUT2D eigenvalue weighted by Crippen LogP contribution is -2.28. The first-order valence-electron chi connectivity index (χ1n) is 12.0. The van der Waals surface area contributed by atoms with Crippen LogP contribution in [0.4, 0.5) is 0 Å². The van der Waals surface area contributed by atoms with Crippen molar-refractivity contribution < 1.29 is 14.6 Å². The van der Waals surface area contributed by atoms with Gasteiger partial charge < -0.3 is 9.84 Å². The topological polar surface area (TPSA) is 49.8 Å². The molecule has 0 aromatic heterocycles. The third-order valence-corrected chi connectivity index (χ3v) is 6.91. The van der Waals surface area contributed by atoms with Crippen LogP contribution in [-0.2, 0) is 29.2 Å². The molecule has 0 saturated carbocycles. The molecule has 0 aliphatic carbocycles. The molecule has 1 aliphatic rings. The highest BCUT2D eigenvalue weighted by molar-refractivity contribution is 6.30. The molecule has 0 radical (unpaired) electrons. The zero-order valence-electron chi connectivity index (χ0n) is 21.4. The van der Waals surface area contributed by atoms with Gasteiger partial charge in [0.2, 0.25) is 0 Å². The van der Waals surface area contributed by atoms with Gasteiger partial charge in [-0.15, -0.1) is 0 Å². The number of rotatable bonds is 6. The molecule has 0 spiro atoms. The van der Waals surface area contributed by atoms with Gasteiger partial charge in [0.25, 0.3) is 0 Å². The average molecular weight is 492 g/mol. The van der Waals surface area contributed by atoms with Crippen molar-refractivity contribution in [3.8, 4) is 11.1 Å². The number of carboxylic acids is 1. The summed E-state index contributed by atoms with van der Waals surface area (Å²) in [4.78, 5) is 15.0. The number of hydrogen-bond donors (Lipinski definition) is 1. The number of benzene rings is 3. The summed E-state index contributed by atoms with van der Waals surface area (Å²) in [6, 6.07) is 16.3. The largest absolute Gasteiger partial charge is 0.479 e. The quantitative estimate of drug-likeness (QED) is 0.390. The normalized spacial score (nSPS) is 14.7. The highest BCUT2D eigenvalue weighted by Gasteiger charge is 2.35. The van der Waals surface area contributed by atoms with E-state index in [0.717, 1.165) is 52.5 Å². The van der Waals surface area contributed by atoms with E-state index in [1.165, 1.54) is 22.3 Å². The third-order valence-electron chi connectivity index (χ3n) is 6.67. The Hall–Kier alpha value is -2.66. The first kappa shape index (κ1) is 25.4. The predicted octanol–water partition coefficient (Wildman–Crippen LogP) is 7.39. The van der Waals surface area contributed by atoms with E-state index >= 15 is 0 Å². The predicted molar refractivity (Wildman–Crippen MR) is 142 cm³/mol. The Morgan fingerprint density at radius 2 is 1.66 bits per heavy atom. The molecule has 3 aromatic carbocycles. The molecule has 0 fully saturated rings. The van der Waals surface area contributed by atoms with E-state index in [1.807, 2.05) is 39.0 Å². The fourth-order valence-corrected chi connectivity index (χ4v) is 5.31. The smallest absolute Gasteiger partial charge is 0.337 e. The molecule has 4 rings (SSSR count). The molecule has 1 atom stereocenters. The first-order chi connectivity index (χ1) is 16.4. The van der Waals surface area contributed by atoms with Crippen LogP contribution in [0.5, 0.6) is 0 Å². The van der Waals surface area contributed by atoms with Crippen LogP contribution >= 0.6 is 11.6 Å². The molecule has 1 aliphatic heterocycles. The molecule has 1 N–H and O–H groups in total. The molecular weight excluding hydrogens is 458 g/mol. The van der Waals surface area contributed by atoms with Crippen molar-refractivity contribution in [3.63, 3.8) is 0 Å². The number of ether oxygens (including phenoxy) is 1. The fraction of sp³-hybridized carbons (Fsp3) is 0.367. The Balaban J connectivity index is 1.86. The molecule has 5 heteroatoms. The monoisotopic (exact) mass is 491 g/mol. The maximum absolute atomic E-state index is 12.6.